The molecule has 0 spiro atoms. The van der Waals surface area contributed by atoms with Gasteiger partial charge >= 0.3 is 5.97 Å². The van der Waals surface area contributed by atoms with Crippen LogP contribution < -0.4 is 5.32 Å². The lowest BCUT2D eigenvalue weighted by Gasteiger charge is -2.18. The lowest BCUT2D eigenvalue weighted by molar-refractivity contribution is -0.141. The molecule has 2 aromatic rings. The number of hydrogen-bond acceptors (Lipinski definition) is 3. The Morgan fingerprint density at radius 2 is 2.00 bits per heavy atom. The van der Waals surface area contributed by atoms with Crippen molar-refractivity contribution in [1.82, 2.24) is 0 Å². The summed E-state index contributed by atoms with van der Waals surface area (Å²) in [5, 5.41) is 2.78. The van der Waals surface area contributed by atoms with E-state index >= 15 is 0 Å². The number of nitrogens with one attached hydrogen (secondary N) is 1. The summed E-state index contributed by atoms with van der Waals surface area (Å²) in [5.74, 6) is -1.69. The first-order chi connectivity index (χ1) is 10.0. The highest BCUT2D eigenvalue weighted by Gasteiger charge is 2.24. The van der Waals surface area contributed by atoms with E-state index in [1.54, 1.807) is 12.1 Å². The van der Waals surface area contributed by atoms with Gasteiger partial charge in [-0.15, -0.1) is 0 Å². The molecule has 0 aliphatic heterocycles. The average Bonchev–Trinajstić information content (AvgIpc) is 2.45. The molecule has 2 rings (SSSR count). The molecule has 110 valence electrons. The highest BCUT2D eigenvalue weighted by atomic mass is 79.9. The minimum Gasteiger partial charge on any atom is -0.467 e. The smallest absolute Gasteiger partial charge is 0.333 e. The van der Waals surface area contributed by atoms with Crippen LogP contribution >= 0.6 is 15.9 Å². The second-order valence-corrected chi connectivity index (χ2v) is 5.19. The third-order valence-corrected chi connectivity index (χ3v) is 3.34. The number of benzene rings is 2. The highest BCUT2D eigenvalue weighted by molar-refractivity contribution is 9.10. The number of rotatable bonds is 4. The molecule has 2 aromatic carbocycles. The fourth-order valence-electron chi connectivity index (χ4n) is 1.86. The Morgan fingerprint density at radius 1 is 1.24 bits per heavy atom. The highest BCUT2D eigenvalue weighted by Crippen LogP contribution is 2.26. The Bertz CT molecular complexity index is 664. The van der Waals surface area contributed by atoms with Gasteiger partial charge < -0.3 is 10.1 Å². The van der Waals surface area contributed by atoms with Crippen LogP contribution in [0.4, 0.5) is 14.5 Å². The van der Waals surface area contributed by atoms with Crippen molar-refractivity contribution in [3.63, 3.8) is 0 Å². The third kappa shape index (κ3) is 3.78. The molecule has 0 heterocycles. The maximum Gasteiger partial charge on any atom is 0.333 e. The van der Waals surface area contributed by atoms with E-state index < -0.39 is 23.6 Å². The van der Waals surface area contributed by atoms with E-state index in [0.29, 0.717) is 10.2 Å². The van der Waals surface area contributed by atoms with Gasteiger partial charge in [0.1, 0.15) is 11.6 Å². The van der Waals surface area contributed by atoms with Crippen molar-refractivity contribution < 1.29 is 18.3 Å². The first kappa shape index (κ1) is 15.4. The molecule has 21 heavy (non-hydrogen) atoms. The molecule has 0 aliphatic rings. The van der Waals surface area contributed by atoms with E-state index in [0.717, 1.165) is 0 Å². The number of ether oxygens (including phenoxy) is 1. The Morgan fingerprint density at radius 3 is 2.62 bits per heavy atom. The van der Waals surface area contributed by atoms with Crippen molar-refractivity contribution in [3.8, 4) is 0 Å². The number of methoxy groups -OCH3 is 1. The van der Waals surface area contributed by atoms with E-state index in [4.69, 9.17) is 0 Å². The summed E-state index contributed by atoms with van der Waals surface area (Å²) in [6.45, 7) is 0. The number of carbonyl (C=O) groups excluding carboxylic acids is 1. The predicted octanol–water partition coefficient (Wildman–Crippen LogP) is 4.05. The zero-order valence-corrected chi connectivity index (χ0v) is 12.7. The Kier molecular flexibility index (Phi) is 4.90. The molecule has 0 aromatic heterocycles. The number of hydrogen-bond donors (Lipinski definition) is 1. The number of anilines is 1. The van der Waals surface area contributed by atoms with Gasteiger partial charge in [0.15, 0.2) is 6.04 Å². The van der Waals surface area contributed by atoms with Crippen molar-refractivity contribution in [2.24, 2.45) is 0 Å². The fourth-order valence-corrected chi connectivity index (χ4v) is 2.20. The van der Waals surface area contributed by atoms with Crippen LogP contribution in [-0.2, 0) is 9.53 Å². The monoisotopic (exact) mass is 355 g/mol. The molecule has 1 N–H and O–H groups in total. The van der Waals surface area contributed by atoms with Crippen molar-refractivity contribution in [1.29, 1.82) is 0 Å². The van der Waals surface area contributed by atoms with Gasteiger partial charge in [-0.1, -0.05) is 28.1 Å². The summed E-state index contributed by atoms with van der Waals surface area (Å²) in [4.78, 5) is 11.9. The van der Waals surface area contributed by atoms with Crippen molar-refractivity contribution in [2.45, 2.75) is 6.04 Å². The summed E-state index contributed by atoms with van der Waals surface area (Å²) in [6.07, 6.45) is 0. The summed E-state index contributed by atoms with van der Waals surface area (Å²) in [7, 11) is 1.21. The van der Waals surface area contributed by atoms with Gasteiger partial charge in [-0.3, -0.25) is 0 Å². The second-order valence-electron chi connectivity index (χ2n) is 4.28. The fraction of sp³-hybridized carbons (Fsp3) is 0.133. The molecule has 0 saturated heterocycles. The summed E-state index contributed by atoms with van der Waals surface area (Å²) < 4.78 is 32.5. The van der Waals surface area contributed by atoms with E-state index in [-0.39, 0.29) is 5.56 Å². The van der Waals surface area contributed by atoms with Crippen LogP contribution in [0.15, 0.2) is 46.9 Å². The normalized spacial score (nSPS) is 11.8. The van der Waals surface area contributed by atoms with Gasteiger partial charge in [0.2, 0.25) is 0 Å². The van der Waals surface area contributed by atoms with Crippen LogP contribution in [0.1, 0.15) is 11.6 Å². The Balaban J connectivity index is 2.37. The van der Waals surface area contributed by atoms with Gasteiger partial charge in [-0.2, -0.15) is 0 Å². The molecular formula is C15H12BrF2NO2. The Hall–Kier alpha value is -1.95. The van der Waals surface area contributed by atoms with Gasteiger partial charge in [0.25, 0.3) is 0 Å². The van der Waals surface area contributed by atoms with E-state index in [1.807, 2.05) is 0 Å². The van der Waals surface area contributed by atoms with Gasteiger partial charge in [-0.25, -0.2) is 13.6 Å². The minimum absolute atomic E-state index is 0.120. The van der Waals surface area contributed by atoms with Crippen LogP contribution in [0.25, 0.3) is 0 Å². The molecule has 0 fully saturated rings. The summed E-state index contributed by atoms with van der Waals surface area (Å²) in [6, 6.07) is 8.82. The van der Waals surface area contributed by atoms with E-state index in [2.05, 4.69) is 26.0 Å². The average molecular weight is 356 g/mol. The van der Waals surface area contributed by atoms with Gasteiger partial charge in [-0.05, 0) is 30.3 Å². The lowest BCUT2D eigenvalue weighted by atomic mass is 10.1. The lowest BCUT2D eigenvalue weighted by Crippen LogP contribution is -2.23. The second kappa shape index (κ2) is 6.67. The van der Waals surface area contributed by atoms with E-state index in [9.17, 15) is 13.6 Å². The quantitative estimate of drug-likeness (QED) is 0.840. The number of carbonyl (C=O) groups is 1. The van der Waals surface area contributed by atoms with Crippen LogP contribution in [0.5, 0.6) is 0 Å². The predicted molar refractivity (Wildman–Crippen MR) is 78.9 cm³/mol. The van der Waals surface area contributed by atoms with Gasteiger partial charge in [0, 0.05) is 15.7 Å². The minimum atomic E-state index is -1.06. The molecule has 0 aliphatic carbocycles. The Labute approximate surface area is 129 Å². The number of esters is 1. The molecule has 1 unspecified atom stereocenters. The first-order valence-electron chi connectivity index (χ1n) is 6.06. The SMILES string of the molecule is COC(=O)C(Nc1cccc(F)c1)c1ccc(Br)cc1F. The van der Waals surface area contributed by atoms with E-state index in [1.165, 1.54) is 37.4 Å². The molecule has 3 nitrogen and oxygen atoms in total. The van der Waals surface area contributed by atoms with Crippen molar-refractivity contribution in [3.05, 3.63) is 64.1 Å². The third-order valence-electron chi connectivity index (χ3n) is 2.85. The maximum absolute atomic E-state index is 14.0. The van der Waals surface area contributed by atoms with Crippen LogP contribution in [0.2, 0.25) is 0 Å². The summed E-state index contributed by atoms with van der Waals surface area (Å²) in [5.41, 5.74) is 0.474. The van der Waals surface area contributed by atoms with Crippen molar-refractivity contribution in [2.75, 3.05) is 12.4 Å². The van der Waals surface area contributed by atoms with Crippen molar-refractivity contribution >= 4 is 27.6 Å². The van der Waals surface area contributed by atoms with Crippen LogP contribution in [0, 0.1) is 11.6 Å². The molecule has 0 bridgehead atoms. The largest absolute Gasteiger partial charge is 0.467 e. The first-order valence-corrected chi connectivity index (χ1v) is 6.85. The van der Waals surface area contributed by atoms with Crippen LogP contribution in [-0.4, -0.2) is 13.1 Å². The van der Waals surface area contributed by atoms with Gasteiger partial charge in [0.05, 0.1) is 7.11 Å². The number of halogens is 3. The standard InChI is InChI=1S/C15H12BrF2NO2/c1-21-15(20)14(12-6-5-9(16)7-13(12)18)19-11-4-2-3-10(17)8-11/h2-8,14,19H,1H3. The molecule has 6 heteroatoms. The topological polar surface area (TPSA) is 38.3 Å². The summed E-state index contributed by atoms with van der Waals surface area (Å²) >= 11 is 3.15. The molecular weight excluding hydrogens is 344 g/mol. The zero-order chi connectivity index (χ0) is 15.4. The molecule has 0 amide bonds. The maximum atomic E-state index is 14.0. The van der Waals surface area contributed by atoms with Crippen LogP contribution in [0.3, 0.4) is 0 Å². The molecule has 0 radical (unpaired) electrons. The molecule has 1 atom stereocenters. The zero-order valence-electron chi connectivity index (χ0n) is 11.1. The molecule has 0 saturated carbocycles.